The first-order valence-electron chi connectivity index (χ1n) is 4.88. The van der Waals surface area contributed by atoms with E-state index in [2.05, 4.69) is 21.2 Å². The van der Waals surface area contributed by atoms with Crippen molar-refractivity contribution >= 4 is 33.0 Å². The average molecular weight is 300 g/mol. The number of anilines is 1. The summed E-state index contributed by atoms with van der Waals surface area (Å²) in [7, 11) is 0. The number of benzene rings is 1. The molecule has 2 aromatic rings. The standard InChI is InChI=1S/C12H11BrFNS/c1-8-2-3-11(10(14)4-8)15-6-9-5-12(13)16-7-9/h2-5,7,15H,6H2,1H3. The summed E-state index contributed by atoms with van der Waals surface area (Å²) in [6, 6.07) is 7.23. The first kappa shape index (κ1) is 11.6. The van der Waals surface area contributed by atoms with Crippen molar-refractivity contribution in [3.8, 4) is 0 Å². The fourth-order valence-corrected chi connectivity index (χ4v) is 2.61. The minimum absolute atomic E-state index is 0.200. The molecule has 0 spiro atoms. The Labute approximate surface area is 106 Å². The normalized spacial score (nSPS) is 10.4. The Kier molecular flexibility index (Phi) is 3.61. The Morgan fingerprint density at radius 3 is 2.81 bits per heavy atom. The highest BCUT2D eigenvalue weighted by Crippen LogP contribution is 2.22. The van der Waals surface area contributed by atoms with Crippen LogP contribution in [0.15, 0.2) is 33.4 Å². The van der Waals surface area contributed by atoms with E-state index in [0.717, 1.165) is 14.9 Å². The molecule has 1 aromatic carbocycles. The van der Waals surface area contributed by atoms with Crippen molar-refractivity contribution in [2.24, 2.45) is 0 Å². The summed E-state index contributed by atoms with van der Waals surface area (Å²) in [5, 5.41) is 5.13. The van der Waals surface area contributed by atoms with Crippen LogP contribution in [0, 0.1) is 12.7 Å². The van der Waals surface area contributed by atoms with Gasteiger partial charge in [0.05, 0.1) is 9.47 Å². The number of rotatable bonds is 3. The van der Waals surface area contributed by atoms with Crippen molar-refractivity contribution < 1.29 is 4.39 Å². The first-order chi connectivity index (χ1) is 7.65. The zero-order valence-electron chi connectivity index (χ0n) is 8.76. The number of thiophene rings is 1. The second-order valence-corrected chi connectivity index (χ2v) is 5.89. The van der Waals surface area contributed by atoms with Crippen LogP contribution in [0.2, 0.25) is 0 Å². The van der Waals surface area contributed by atoms with Crippen LogP contribution in [-0.4, -0.2) is 0 Å². The molecule has 0 radical (unpaired) electrons. The van der Waals surface area contributed by atoms with Crippen molar-refractivity contribution in [2.75, 3.05) is 5.32 Å². The van der Waals surface area contributed by atoms with E-state index in [0.29, 0.717) is 12.2 Å². The van der Waals surface area contributed by atoms with E-state index < -0.39 is 0 Å². The van der Waals surface area contributed by atoms with E-state index in [-0.39, 0.29) is 5.82 Å². The van der Waals surface area contributed by atoms with E-state index in [1.807, 2.05) is 24.4 Å². The molecule has 4 heteroatoms. The van der Waals surface area contributed by atoms with E-state index >= 15 is 0 Å². The highest BCUT2D eigenvalue weighted by Gasteiger charge is 2.02. The number of aryl methyl sites for hydroxylation is 1. The quantitative estimate of drug-likeness (QED) is 0.875. The van der Waals surface area contributed by atoms with Gasteiger partial charge in [-0.15, -0.1) is 11.3 Å². The van der Waals surface area contributed by atoms with Crippen molar-refractivity contribution in [1.29, 1.82) is 0 Å². The lowest BCUT2D eigenvalue weighted by Crippen LogP contribution is -2.00. The van der Waals surface area contributed by atoms with Crippen LogP contribution in [0.25, 0.3) is 0 Å². The molecule has 0 saturated carbocycles. The van der Waals surface area contributed by atoms with Gasteiger partial charge in [-0.25, -0.2) is 4.39 Å². The Morgan fingerprint density at radius 1 is 1.38 bits per heavy atom. The number of nitrogens with one attached hydrogen (secondary N) is 1. The van der Waals surface area contributed by atoms with Crippen LogP contribution in [0.1, 0.15) is 11.1 Å². The fourth-order valence-electron chi connectivity index (χ4n) is 1.40. The summed E-state index contributed by atoms with van der Waals surface area (Å²) in [6.45, 7) is 2.52. The van der Waals surface area contributed by atoms with Gasteiger partial charge in [0.25, 0.3) is 0 Å². The number of hydrogen-bond acceptors (Lipinski definition) is 2. The molecule has 1 nitrogen and oxygen atoms in total. The van der Waals surface area contributed by atoms with E-state index in [1.54, 1.807) is 17.4 Å². The maximum Gasteiger partial charge on any atom is 0.146 e. The molecule has 0 aliphatic rings. The Bertz CT molecular complexity index is 496. The summed E-state index contributed by atoms with van der Waals surface area (Å²) in [5.41, 5.74) is 2.63. The van der Waals surface area contributed by atoms with E-state index in [4.69, 9.17) is 0 Å². The minimum atomic E-state index is -0.200. The van der Waals surface area contributed by atoms with Gasteiger partial charge in [-0.1, -0.05) is 6.07 Å². The minimum Gasteiger partial charge on any atom is -0.379 e. The van der Waals surface area contributed by atoms with Gasteiger partial charge >= 0.3 is 0 Å². The molecule has 0 bridgehead atoms. The van der Waals surface area contributed by atoms with Crippen molar-refractivity contribution in [3.63, 3.8) is 0 Å². The molecule has 84 valence electrons. The van der Waals surface area contributed by atoms with Gasteiger partial charge in [-0.2, -0.15) is 0 Å². The third-order valence-corrected chi connectivity index (χ3v) is 3.78. The second-order valence-electron chi connectivity index (χ2n) is 3.60. The first-order valence-corrected chi connectivity index (χ1v) is 6.55. The molecule has 1 aromatic heterocycles. The Morgan fingerprint density at radius 2 is 2.19 bits per heavy atom. The molecule has 0 aliphatic heterocycles. The molecule has 0 saturated heterocycles. The molecule has 0 amide bonds. The van der Waals surface area contributed by atoms with Crippen LogP contribution in [0.5, 0.6) is 0 Å². The van der Waals surface area contributed by atoms with Gasteiger partial charge in [0.1, 0.15) is 5.82 Å². The summed E-state index contributed by atoms with van der Waals surface area (Å²) < 4.78 is 14.6. The molecule has 1 heterocycles. The lowest BCUT2D eigenvalue weighted by molar-refractivity contribution is 0.629. The molecular weight excluding hydrogens is 289 g/mol. The predicted molar refractivity (Wildman–Crippen MR) is 70.5 cm³/mol. The van der Waals surface area contributed by atoms with E-state index in [1.165, 1.54) is 6.07 Å². The van der Waals surface area contributed by atoms with Gasteiger partial charge < -0.3 is 5.32 Å². The van der Waals surface area contributed by atoms with Gasteiger partial charge in [0, 0.05) is 6.54 Å². The van der Waals surface area contributed by atoms with Crippen LogP contribution in [-0.2, 0) is 6.54 Å². The van der Waals surface area contributed by atoms with E-state index in [9.17, 15) is 4.39 Å². The topological polar surface area (TPSA) is 12.0 Å². The second kappa shape index (κ2) is 4.97. The SMILES string of the molecule is Cc1ccc(NCc2csc(Br)c2)c(F)c1. The van der Waals surface area contributed by atoms with Crippen LogP contribution < -0.4 is 5.32 Å². The lowest BCUT2D eigenvalue weighted by atomic mass is 10.2. The van der Waals surface area contributed by atoms with Crippen LogP contribution >= 0.6 is 27.3 Å². The van der Waals surface area contributed by atoms with Crippen molar-refractivity contribution in [1.82, 2.24) is 0 Å². The monoisotopic (exact) mass is 299 g/mol. The molecule has 0 unspecified atom stereocenters. The van der Waals surface area contributed by atoms with Gasteiger partial charge in [-0.05, 0) is 57.6 Å². The van der Waals surface area contributed by atoms with Crippen LogP contribution in [0.4, 0.5) is 10.1 Å². The smallest absolute Gasteiger partial charge is 0.146 e. The number of hydrogen-bond donors (Lipinski definition) is 1. The third kappa shape index (κ3) is 2.83. The largest absolute Gasteiger partial charge is 0.379 e. The lowest BCUT2D eigenvalue weighted by Gasteiger charge is -2.06. The molecular formula is C12H11BrFNS. The summed E-state index contributed by atoms with van der Waals surface area (Å²) in [5.74, 6) is -0.200. The molecule has 0 aliphatic carbocycles. The summed E-state index contributed by atoms with van der Waals surface area (Å²) in [4.78, 5) is 0. The molecule has 16 heavy (non-hydrogen) atoms. The maximum absolute atomic E-state index is 13.5. The van der Waals surface area contributed by atoms with Crippen molar-refractivity contribution in [2.45, 2.75) is 13.5 Å². The fraction of sp³-hybridized carbons (Fsp3) is 0.167. The van der Waals surface area contributed by atoms with Gasteiger partial charge in [0.2, 0.25) is 0 Å². The van der Waals surface area contributed by atoms with Gasteiger partial charge in [-0.3, -0.25) is 0 Å². The van der Waals surface area contributed by atoms with Gasteiger partial charge in [0.15, 0.2) is 0 Å². The summed E-state index contributed by atoms with van der Waals surface area (Å²) >= 11 is 5.03. The zero-order valence-corrected chi connectivity index (χ0v) is 11.2. The summed E-state index contributed by atoms with van der Waals surface area (Å²) in [6.07, 6.45) is 0. The highest BCUT2D eigenvalue weighted by molar-refractivity contribution is 9.11. The highest BCUT2D eigenvalue weighted by atomic mass is 79.9. The Balaban J connectivity index is 2.04. The molecule has 1 N–H and O–H groups in total. The average Bonchev–Trinajstić information content (AvgIpc) is 2.63. The molecule has 2 rings (SSSR count). The Hall–Kier alpha value is -0.870. The third-order valence-electron chi connectivity index (χ3n) is 2.23. The van der Waals surface area contributed by atoms with Crippen molar-refractivity contribution in [3.05, 3.63) is 50.4 Å². The number of halogens is 2. The zero-order chi connectivity index (χ0) is 11.5. The van der Waals surface area contributed by atoms with Crippen LogP contribution in [0.3, 0.4) is 0 Å². The molecule has 0 atom stereocenters. The predicted octanol–water partition coefficient (Wildman–Crippen LogP) is 4.57. The maximum atomic E-state index is 13.5. The molecule has 0 fully saturated rings.